The minimum atomic E-state index is 1.10. The van der Waals surface area contributed by atoms with Crippen molar-refractivity contribution >= 4 is 38.6 Å². The number of para-hydroxylation sites is 1. The standard InChI is InChI=1S/C50H35N/c1-2-15-36(16-3-1)46-25-8-9-26-48(46)49-27-10-11-30-50(49)51(41-33-31-39(32-34-41)45-28-13-19-37-17-4-6-23-43(37)45)42-22-12-21-40(35-42)47-29-14-20-38-18-5-7-24-44(38)47/h1-35H. The van der Waals surface area contributed by atoms with Gasteiger partial charge in [0.2, 0.25) is 0 Å². The molecule has 0 fully saturated rings. The van der Waals surface area contributed by atoms with Gasteiger partial charge in [-0.05, 0) is 90.8 Å². The summed E-state index contributed by atoms with van der Waals surface area (Å²) in [6.45, 7) is 0. The molecule has 0 heterocycles. The van der Waals surface area contributed by atoms with Crippen molar-refractivity contribution in [2.45, 2.75) is 0 Å². The van der Waals surface area contributed by atoms with E-state index in [1.165, 1.54) is 66.1 Å². The zero-order chi connectivity index (χ0) is 34.0. The molecule has 0 bridgehead atoms. The van der Waals surface area contributed by atoms with Crippen molar-refractivity contribution in [2.75, 3.05) is 4.90 Å². The van der Waals surface area contributed by atoms with Crippen LogP contribution in [0.2, 0.25) is 0 Å². The third-order valence-corrected chi connectivity index (χ3v) is 9.88. The van der Waals surface area contributed by atoms with Gasteiger partial charge in [0.1, 0.15) is 0 Å². The van der Waals surface area contributed by atoms with Crippen LogP contribution in [0.1, 0.15) is 0 Å². The van der Waals surface area contributed by atoms with Crippen LogP contribution in [0.25, 0.3) is 66.1 Å². The first-order valence-corrected chi connectivity index (χ1v) is 17.5. The second-order valence-electron chi connectivity index (χ2n) is 12.9. The van der Waals surface area contributed by atoms with Crippen molar-refractivity contribution in [1.82, 2.24) is 0 Å². The summed E-state index contributed by atoms with van der Waals surface area (Å²) in [4.78, 5) is 2.42. The van der Waals surface area contributed by atoms with E-state index in [0.29, 0.717) is 0 Å². The first-order valence-electron chi connectivity index (χ1n) is 17.5. The van der Waals surface area contributed by atoms with Crippen LogP contribution in [0, 0.1) is 0 Å². The lowest BCUT2D eigenvalue weighted by atomic mass is 9.92. The van der Waals surface area contributed by atoms with E-state index in [1.807, 2.05) is 0 Å². The molecule has 0 saturated carbocycles. The quantitative estimate of drug-likeness (QED) is 0.166. The number of benzene rings is 9. The maximum Gasteiger partial charge on any atom is 0.0540 e. The fourth-order valence-electron chi connectivity index (χ4n) is 7.47. The average molecular weight is 650 g/mol. The van der Waals surface area contributed by atoms with Crippen LogP contribution in [-0.4, -0.2) is 0 Å². The number of hydrogen-bond donors (Lipinski definition) is 0. The molecule has 0 aliphatic rings. The second kappa shape index (κ2) is 13.3. The number of anilines is 3. The molecule has 0 spiro atoms. The number of rotatable bonds is 7. The highest BCUT2D eigenvalue weighted by Crippen LogP contribution is 2.45. The van der Waals surface area contributed by atoms with E-state index in [1.54, 1.807) is 0 Å². The Bertz CT molecular complexity index is 2630. The molecule has 0 radical (unpaired) electrons. The normalized spacial score (nSPS) is 11.1. The Hall–Kier alpha value is -6.70. The van der Waals surface area contributed by atoms with E-state index in [-0.39, 0.29) is 0 Å². The van der Waals surface area contributed by atoms with Gasteiger partial charge in [0, 0.05) is 16.9 Å². The Morgan fingerprint density at radius 3 is 1.43 bits per heavy atom. The number of hydrogen-bond acceptors (Lipinski definition) is 1. The Morgan fingerprint density at radius 1 is 0.255 bits per heavy atom. The first kappa shape index (κ1) is 30.4. The van der Waals surface area contributed by atoms with Crippen molar-refractivity contribution < 1.29 is 0 Å². The molecular formula is C50H35N. The molecule has 9 aromatic rings. The molecule has 240 valence electrons. The molecule has 9 aromatic carbocycles. The van der Waals surface area contributed by atoms with Crippen LogP contribution in [0.3, 0.4) is 0 Å². The summed E-state index contributed by atoms with van der Waals surface area (Å²) in [5.41, 5.74) is 12.9. The molecule has 0 atom stereocenters. The molecule has 1 nitrogen and oxygen atoms in total. The van der Waals surface area contributed by atoms with Crippen LogP contribution in [0.4, 0.5) is 17.1 Å². The first-order chi connectivity index (χ1) is 25.3. The van der Waals surface area contributed by atoms with Gasteiger partial charge in [-0.15, -0.1) is 0 Å². The molecule has 0 unspecified atom stereocenters. The summed E-state index contributed by atoms with van der Waals surface area (Å²) in [6, 6.07) is 76.6. The maximum absolute atomic E-state index is 2.42. The Morgan fingerprint density at radius 2 is 0.725 bits per heavy atom. The van der Waals surface area contributed by atoms with Crippen LogP contribution in [0.5, 0.6) is 0 Å². The van der Waals surface area contributed by atoms with Gasteiger partial charge in [-0.1, -0.05) is 182 Å². The van der Waals surface area contributed by atoms with Gasteiger partial charge < -0.3 is 4.90 Å². The zero-order valence-electron chi connectivity index (χ0n) is 28.2. The SMILES string of the molecule is c1ccc(-c2ccccc2-c2ccccc2N(c2ccc(-c3cccc4ccccc34)cc2)c2cccc(-c3cccc4ccccc34)c2)cc1. The molecule has 0 aromatic heterocycles. The van der Waals surface area contributed by atoms with E-state index in [0.717, 1.165) is 17.1 Å². The fraction of sp³-hybridized carbons (Fsp3) is 0. The Labute approximate surface area is 299 Å². The van der Waals surface area contributed by atoms with Crippen molar-refractivity contribution in [3.63, 3.8) is 0 Å². The fourth-order valence-corrected chi connectivity index (χ4v) is 7.47. The van der Waals surface area contributed by atoms with Crippen molar-refractivity contribution in [3.8, 4) is 44.5 Å². The van der Waals surface area contributed by atoms with E-state index >= 15 is 0 Å². The largest absolute Gasteiger partial charge is 0.310 e. The Kier molecular flexibility index (Phi) is 7.92. The van der Waals surface area contributed by atoms with Crippen LogP contribution < -0.4 is 4.90 Å². The molecular weight excluding hydrogens is 615 g/mol. The Balaban J connectivity index is 1.23. The molecule has 9 rings (SSSR count). The van der Waals surface area contributed by atoms with Gasteiger partial charge >= 0.3 is 0 Å². The minimum absolute atomic E-state index is 1.10. The smallest absolute Gasteiger partial charge is 0.0540 e. The van der Waals surface area contributed by atoms with Crippen LogP contribution >= 0.6 is 0 Å². The summed E-state index contributed by atoms with van der Waals surface area (Å²) in [5, 5.41) is 5.00. The van der Waals surface area contributed by atoms with Gasteiger partial charge in [-0.2, -0.15) is 0 Å². The highest BCUT2D eigenvalue weighted by molar-refractivity contribution is 6.00. The predicted octanol–water partition coefficient (Wildman–Crippen LogP) is 14.1. The molecule has 0 saturated heterocycles. The molecule has 0 amide bonds. The molecule has 1 heteroatoms. The van der Waals surface area contributed by atoms with E-state index in [9.17, 15) is 0 Å². The lowest BCUT2D eigenvalue weighted by Gasteiger charge is -2.29. The zero-order valence-corrected chi connectivity index (χ0v) is 28.2. The lowest BCUT2D eigenvalue weighted by molar-refractivity contribution is 1.28. The van der Waals surface area contributed by atoms with Gasteiger partial charge in [0.15, 0.2) is 0 Å². The van der Waals surface area contributed by atoms with E-state index in [4.69, 9.17) is 0 Å². The second-order valence-corrected chi connectivity index (χ2v) is 12.9. The van der Waals surface area contributed by atoms with Crippen LogP contribution in [0.15, 0.2) is 212 Å². The minimum Gasteiger partial charge on any atom is -0.310 e. The lowest BCUT2D eigenvalue weighted by Crippen LogP contribution is -2.11. The maximum atomic E-state index is 2.42. The monoisotopic (exact) mass is 649 g/mol. The van der Waals surface area contributed by atoms with E-state index < -0.39 is 0 Å². The van der Waals surface area contributed by atoms with Gasteiger partial charge in [-0.25, -0.2) is 0 Å². The highest BCUT2D eigenvalue weighted by atomic mass is 15.1. The summed E-state index contributed by atoms with van der Waals surface area (Å²) in [6.07, 6.45) is 0. The summed E-state index contributed by atoms with van der Waals surface area (Å²) >= 11 is 0. The predicted molar refractivity (Wildman–Crippen MR) is 218 cm³/mol. The molecule has 0 aliphatic carbocycles. The molecule has 0 aliphatic heterocycles. The van der Waals surface area contributed by atoms with Gasteiger partial charge in [0.05, 0.1) is 5.69 Å². The van der Waals surface area contributed by atoms with Crippen molar-refractivity contribution in [2.24, 2.45) is 0 Å². The van der Waals surface area contributed by atoms with Crippen LogP contribution in [-0.2, 0) is 0 Å². The van der Waals surface area contributed by atoms with Crippen molar-refractivity contribution in [3.05, 3.63) is 212 Å². The summed E-state index contributed by atoms with van der Waals surface area (Å²) in [5.74, 6) is 0. The third kappa shape index (κ3) is 5.75. The van der Waals surface area contributed by atoms with Gasteiger partial charge in [-0.3, -0.25) is 0 Å². The van der Waals surface area contributed by atoms with Gasteiger partial charge in [0.25, 0.3) is 0 Å². The topological polar surface area (TPSA) is 3.24 Å². The number of nitrogens with zero attached hydrogens (tertiary/aromatic N) is 1. The molecule has 0 N–H and O–H groups in total. The van der Waals surface area contributed by atoms with Crippen molar-refractivity contribution in [1.29, 1.82) is 0 Å². The molecule has 51 heavy (non-hydrogen) atoms. The van der Waals surface area contributed by atoms with E-state index in [2.05, 4.69) is 217 Å². The highest BCUT2D eigenvalue weighted by Gasteiger charge is 2.20. The summed E-state index contributed by atoms with van der Waals surface area (Å²) < 4.78 is 0. The summed E-state index contributed by atoms with van der Waals surface area (Å²) in [7, 11) is 0. The third-order valence-electron chi connectivity index (χ3n) is 9.88. The number of fused-ring (bicyclic) bond motifs is 2. The average Bonchev–Trinajstić information content (AvgIpc) is 3.21.